The highest BCUT2D eigenvalue weighted by molar-refractivity contribution is 5.97. The Labute approximate surface area is 103 Å². The summed E-state index contributed by atoms with van der Waals surface area (Å²) in [5, 5.41) is 2.96. The van der Waals surface area contributed by atoms with Gasteiger partial charge >= 0.3 is 6.18 Å². The first-order chi connectivity index (χ1) is 8.39. The van der Waals surface area contributed by atoms with Crippen molar-refractivity contribution in [3.8, 4) is 0 Å². The van der Waals surface area contributed by atoms with Crippen LogP contribution in [0.4, 0.5) is 18.9 Å². The van der Waals surface area contributed by atoms with Gasteiger partial charge in [0.05, 0.1) is 11.6 Å². The molecule has 0 aromatic heterocycles. The Bertz CT molecular complexity index is 459. The number of carbonyl (C=O) groups excluding carboxylic acids is 1. The van der Waals surface area contributed by atoms with Crippen LogP contribution in [0.1, 0.15) is 12.5 Å². The maximum Gasteiger partial charge on any atom is 0.416 e. The van der Waals surface area contributed by atoms with Crippen LogP contribution in [0.15, 0.2) is 24.3 Å². The molecule has 0 saturated carbocycles. The lowest BCUT2D eigenvalue weighted by Crippen LogP contribution is -2.53. The predicted molar refractivity (Wildman–Crippen MR) is 61.3 cm³/mol. The van der Waals surface area contributed by atoms with Gasteiger partial charge in [-0.3, -0.25) is 4.79 Å². The lowest BCUT2D eigenvalue weighted by atomic mass is 10.1. The normalized spacial score (nSPS) is 21.2. The summed E-state index contributed by atoms with van der Waals surface area (Å²) in [5.74, 6) is -0.208. The first-order valence-electron chi connectivity index (χ1n) is 5.61. The number of rotatable bonds is 1. The van der Waals surface area contributed by atoms with Crippen molar-refractivity contribution in [1.29, 1.82) is 0 Å². The van der Waals surface area contributed by atoms with Crippen molar-refractivity contribution in [2.45, 2.75) is 19.1 Å². The topological polar surface area (TPSA) is 32.3 Å². The highest BCUT2D eigenvalue weighted by atomic mass is 19.4. The van der Waals surface area contributed by atoms with Gasteiger partial charge in [-0.1, -0.05) is 6.07 Å². The van der Waals surface area contributed by atoms with E-state index in [1.165, 1.54) is 17.0 Å². The molecule has 1 saturated heterocycles. The second-order valence-corrected chi connectivity index (χ2v) is 4.21. The van der Waals surface area contributed by atoms with E-state index in [1.807, 2.05) is 0 Å². The van der Waals surface area contributed by atoms with Crippen LogP contribution in [0, 0.1) is 0 Å². The molecule has 1 amide bonds. The molecule has 1 atom stereocenters. The molecule has 1 N–H and O–H groups in total. The Hall–Kier alpha value is -1.56. The number of anilines is 1. The number of carbonyl (C=O) groups is 1. The first-order valence-corrected chi connectivity index (χ1v) is 5.61. The minimum Gasteiger partial charge on any atom is -0.310 e. The number of halogens is 3. The van der Waals surface area contributed by atoms with Crippen LogP contribution < -0.4 is 10.2 Å². The quantitative estimate of drug-likeness (QED) is 0.836. The number of nitrogens with zero attached hydrogens (tertiary/aromatic N) is 1. The van der Waals surface area contributed by atoms with Crippen LogP contribution in [0.5, 0.6) is 0 Å². The van der Waals surface area contributed by atoms with Crippen LogP contribution in [-0.4, -0.2) is 25.0 Å². The van der Waals surface area contributed by atoms with E-state index in [0.717, 1.165) is 12.1 Å². The van der Waals surface area contributed by atoms with E-state index < -0.39 is 11.7 Å². The fourth-order valence-electron chi connectivity index (χ4n) is 1.93. The second kappa shape index (κ2) is 4.61. The van der Waals surface area contributed by atoms with Crippen molar-refractivity contribution in [2.24, 2.45) is 0 Å². The van der Waals surface area contributed by atoms with Gasteiger partial charge in [0.15, 0.2) is 0 Å². The number of hydrogen-bond donors (Lipinski definition) is 1. The van der Waals surface area contributed by atoms with Crippen LogP contribution in [0.2, 0.25) is 0 Å². The van der Waals surface area contributed by atoms with Gasteiger partial charge in [-0.05, 0) is 25.1 Å². The first kappa shape index (κ1) is 12.9. The van der Waals surface area contributed by atoms with E-state index >= 15 is 0 Å². The number of nitrogens with one attached hydrogen (secondary N) is 1. The molecule has 3 nitrogen and oxygen atoms in total. The third kappa shape index (κ3) is 2.48. The zero-order valence-electron chi connectivity index (χ0n) is 9.79. The van der Waals surface area contributed by atoms with E-state index in [4.69, 9.17) is 0 Å². The molecule has 1 aromatic rings. The van der Waals surface area contributed by atoms with Crippen molar-refractivity contribution < 1.29 is 18.0 Å². The zero-order valence-corrected chi connectivity index (χ0v) is 9.79. The summed E-state index contributed by atoms with van der Waals surface area (Å²) in [7, 11) is 0. The van der Waals surface area contributed by atoms with Crippen molar-refractivity contribution in [1.82, 2.24) is 5.32 Å². The molecule has 6 heteroatoms. The van der Waals surface area contributed by atoms with Crippen molar-refractivity contribution in [3.05, 3.63) is 29.8 Å². The molecule has 1 unspecified atom stereocenters. The minimum absolute atomic E-state index is 0.208. The average Bonchev–Trinajstić information content (AvgIpc) is 2.32. The van der Waals surface area contributed by atoms with E-state index in [9.17, 15) is 18.0 Å². The third-order valence-corrected chi connectivity index (χ3v) is 2.91. The van der Waals surface area contributed by atoms with Gasteiger partial charge in [-0.15, -0.1) is 0 Å². The van der Waals surface area contributed by atoms with Crippen molar-refractivity contribution in [3.63, 3.8) is 0 Å². The van der Waals surface area contributed by atoms with Gasteiger partial charge < -0.3 is 10.2 Å². The lowest BCUT2D eigenvalue weighted by Gasteiger charge is -2.31. The van der Waals surface area contributed by atoms with Gasteiger partial charge in [-0.25, -0.2) is 0 Å². The Balaban J connectivity index is 2.31. The Morgan fingerprint density at radius 3 is 2.78 bits per heavy atom. The molecule has 1 aliphatic heterocycles. The summed E-state index contributed by atoms with van der Waals surface area (Å²) >= 11 is 0. The SMILES string of the molecule is CC1NCCN(c2cccc(C(F)(F)F)c2)C1=O. The summed E-state index contributed by atoms with van der Waals surface area (Å²) in [5.41, 5.74) is -0.442. The van der Waals surface area contributed by atoms with Crippen LogP contribution >= 0.6 is 0 Å². The summed E-state index contributed by atoms with van der Waals surface area (Å²) in [6.07, 6.45) is -4.39. The number of hydrogen-bond acceptors (Lipinski definition) is 2. The van der Waals surface area contributed by atoms with E-state index in [0.29, 0.717) is 18.8 Å². The molecule has 1 aromatic carbocycles. The highest BCUT2D eigenvalue weighted by Gasteiger charge is 2.32. The number of alkyl halides is 3. The van der Waals surface area contributed by atoms with E-state index in [2.05, 4.69) is 5.32 Å². The molecule has 0 bridgehead atoms. The number of benzene rings is 1. The van der Waals surface area contributed by atoms with E-state index in [-0.39, 0.29) is 11.9 Å². The molecule has 0 spiro atoms. The van der Waals surface area contributed by atoms with Gasteiger partial charge in [0.2, 0.25) is 5.91 Å². The standard InChI is InChI=1S/C12H13F3N2O/c1-8-11(18)17(6-5-16-8)10-4-2-3-9(7-10)12(13,14)15/h2-4,7-8,16H,5-6H2,1H3. The van der Waals surface area contributed by atoms with Crippen LogP contribution in [-0.2, 0) is 11.0 Å². The van der Waals surface area contributed by atoms with Gasteiger partial charge in [0.1, 0.15) is 0 Å². The van der Waals surface area contributed by atoms with E-state index in [1.54, 1.807) is 6.92 Å². The van der Waals surface area contributed by atoms with Gasteiger partial charge in [0, 0.05) is 18.8 Å². The molecule has 0 radical (unpaired) electrons. The summed E-state index contributed by atoms with van der Waals surface area (Å²) < 4.78 is 37.8. The van der Waals surface area contributed by atoms with Crippen molar-refractivity contribution in [2.75, 3.05) is 18.0 Å². The number of piperazine rings is 1. The Kier molecular flexibility index (Phi) is 3.30. The molecule has 98 valence electrons. The minimum atomic E-state index is -4.39. The predicted octanol–water partition coefficient (Wildman–Crippen LogP) is 2.03. The fourth-order valence-corrected chi connectivity index (χ4v) is 1.93. The Morgan fingerprint density at radius 2 is 2.11 bits per heavy atom. The van der Waals surface area contributed by atoms with Gasteiger partial charge in [0.25, 0.3) is 0 Å². The summed E-state index contributed by atoms with van der Waals surface area (Å²) in [6, 6.07) is 4.48. The molecule has 1 heterocycles. The zero-order chi connectivity index (χ0) is 13.3. The fraction of sp³-hybridized carbons (Fsp3) is 0.417. The van der Waals surface area contributed by atoms with Crippen molar-refractivity contribution >= 4 is 11.6 Å². The monoisotopic (exact) mass is 258 g/mol. The highest BCUT2D eigenvalue weighted by Crippen LogP contribution is 2.31. The second-order valence-electron chi connectivity index (χ2n) is 4.21. The van der Waals surface area contributed by atoms with Crippen LogP contribution in [0.3, 0.4) is 0 Å². The molecule has 1 aliphatic rings. The smallest absolute Gasteiger partial charge is 0.310 e. The molecule has 18 heavy (non-hydrogen) atoms. The maximum atomic E-state index is 12.6. The van der Waals surface area contributed by atoms with Crippen LogP contribution in [0.25, 0.3) is 0 Å². The lowest BCUT2D eigenvalue weighted by molar-refractivity contribution is -0.137. The summed E-state index contributed by atoms with van der Waals surface area (Å²) in [4.78, 5) is 13.3. The average molecular weight is 258 g/mol. The maximum absolute atomic E-state index is 12.6. The Morgan fingerprint density at radius 1 is 1.39 bits per heavy atom. The third-order valence-electron chi connectivity index (χ3n) is 2.91. The molecular formula is C12H13F3N2O. The largest absolute Gasteiger partial charge is 0.416 e. The summed E-state index contributed by atoms with van der Waals surface area (Å²) in [6.45, 7) is 2.65. The molecular weight excluding hydrogens is 245 g/mol. The van der Waals surface area contributed by atoms with Gasteiger partial charge in [-0.2, -0.15) is 13.2 Å². The molecule has 0 aliphatic carbocycles. The molecule has 1 fully saturated rings. The number of amides is 1. The molecule has 2 rings (SSSR count).